The third kappa shape index (κ3) is 1.76. The Morgan fingerprint density at radius 2 is 2.25 bits per heavy atom. The molecular weight excluding hydrogens is 222 g/mol. The molecule has 0 radical (unpaired) electrons. The molecular formula is C8H8BrNO2. The van der Waals surface area contributed by atoms with E-state index in [0.717, 1.165) is 4.47 Å². The third-order valence-corrected chi connectivity index (χ3v) is 1.92. The molecule has 64 valence electrons. The zero-order chi connectivity index (χ0) is 9.14. The molecule has 0 spiro atoms. The van der Waals surface area contributed by atoms with Crippen molar-refractivity contribution in [3.8, 4) is 5.75 Å². The first-order valence-electron chi connectivity index (χ1n) is 3.35. The van der Waals surface area contributed by atoms with Crippen molar-refractivity contribution in [3.63, 3.8) is 0 Å². The molecule has 12 heavy (non-hydrogen) atoms. The van der Waals surface area contributed by atoms with Gasteiger partial charge in [0.1, 0.15) is 5.75 Å². The molecule has 0 aliphatic rings. The summed E-state index contributed by atoms with van der Waals surface area (Å²) in [5.74, 6) is -0.316. The molecule has 1 aromatic rings. The Balaban J connectivity index is 3.09. The molecule has 0 unspecified atom stereocenters. The molecule has 4 heteroatoms. The molecule has 3 nitrogen and oxygen atoms in total. The van der Waals surface area contributed by atoms with Crippen molar-refractivity contribution in [2.75, 3.05) is 7.05 Å². The van der Waals surface area contributed by atoms with Crippen LogP contribution >= 0.6 is 15.9 Å². The minimum Gasteiger partial charge on any atom is -0.507 e. The van der Waals surface area contributed by atoms with E-state index in [0.29, 0.717) is 0 Å². The van der Waals surface area contributed by atoms with E-state index in [2.05, 4.69) is 21.2 Å². The van der Waals surface area contributed by atoms with Crippen LogP contribution in [0.15, 0.2) is 22.7 Å². The Morgan fingerprint density at radius 1 is 1.58 bits per heavy atom. The van der Waals surface area contributed by atoms with E-state index in [9.17, 15) is 9.90 Å². The van der Waals surface area contributed by atoms with Gasteiger partial charge in [-0.15, -0.1) is 0 Å². The second-order valence-corrected chi connectivity index (χ2v) is 3.16. The molecule has 0 bridgehead atoms. The van der Waals surface area contributed by atoms with Gasteiger partial charge in [0, 0.05) is 11.5 Å². The molecule has 1 rings (SSSR count). The van der Waals surface area contributed by atoms with Crippen LogP contribution in [-0.4, -0.2) is 18.1 Å². The number of hydrogen-bond acceptors (Lipinski definition) is 2. The first-order chi connectivity index (χ1) is 5.65. The highest BCUT2D eigenvalue weighted by Crippen LogP contribution is 2.21. The Kier molecular flexibility index (Phi) is 2.70. The molecule has 0 fully saturated rings. The number of halogens is 1. The Morgan fingerprint density at radius 3 is 2.75 bits per heavy atom. The zero-order valence-corrected chi connectivity index (χ0v) is 8.05. The van der Waals surface area contributed by atoms with Crippen molar-refractivity contribution < 1.29 is 9.90 Å². The van der Waals surface area contributed by atoms with Crippen LogP contribution in [0.5, 0.6) is 5.75 Å². The fourth-order valence-electron chi connectivity index (χ4n) is 0.831. The molecule has 0 saturated heterocycles. The van der Waals surface area contributed by atoms with Gasteiger partial charge in [-0.1, -0.05) is 15.9 Å². The summed E-state index contributed by atoms with van der Waals surface area (Å²) in [6, 6.07) is 4.73. The summed E-state index contributed by atoms with van der Waals surface area (Å²) in [4.78, 5) is 11.1. The smallest absolute Gasteiger partial charge is 0.254 e. The lowest BCUT2D eigenvalue weighted by molar-refractivity contribution is 0.0960. The Labute approximate surface area is 78.5 Å². The fraction of sp³-hybridized carbons (Fsp3) is 0.125. The van der Waals surface area contributed by atoms with E-state index in [1.54, 1.807) is 12.1 Å². The molecule has 1 aromatic carbocycles. The van der Waals surface area contributed by atoms with E-state index >= 15 is 0 Å². The van der Waals surface area contributed by atoms with Crippen LogP contribution in [0.3, 0.4) is 0 Å². The normalized spacial score (nSPS) is 9.50. The van der Waals surface area contributed by atoms with Crippen LogP contribution in [0.25, 0.3) is 0 Å². The van der Waals surface area contributed by atoms with Gasteiger partial charge in [0.15, 0.2) is 0 Å². The molecule has 0 aromatic heterocycles. The van der Waals surface area contributed by atoms with E-state index in [4.69, 9.17) is 0 Å². The summed E-state index contributed by atoms with van der Waals surface area (Å²) in [6.07, 6.45) is 0. The van der Waals surface area contributed by atoms with Gasteiger partial charge in [0.2, 0.25) is 0 Å². The van der Waals surface area contributed by atoms with Crippen molar-refractivity contribution in [3.05, 3.63) is 28.2 Å². The van der Waals surface area contributed by atoms with Crippen LogP contribution in [0.2, 0.25) is 0 Å². The van der Waals surface area contributed by atoms with Gasteiger partial charge >= 0.3 is 0 Å². The summed E-state index contributed by atoms with van der Waals surface area (Å²) < 4.78 is 0.743. The van der Waals surface area contributed by atoms with Gasteiger partial charge in [-0.2, -0.15) is 0 Å². The average molecular weight is 230 g/mol. The van der Waals surface area contributed by atoms with Crippen LogP contribution in [0, 0.1) is 0 Å². The maximum atomic E-state index is 11.1. The van der Waals surface area contributed by atoms with Gasteiger partial charge in [0.25, 0.3) is 5.91 Å². The summed E-state index contributed by atoms with van der Waals surface area (Å²) in [5, 5.41) is 11.7. The average Bonchev–Trinajstić information content (AvgIpc) is 2.03. The fourth-order valence-corrected chi connectivity index (χ4v) is 1.18. The van der Waals surface area contributed by atoms with Crippen LogP contribution in [-0.2, 0) is 0 Å². The van der Waals surface area contributed by atoms with Crippen LogP contribution in [0.4, 0.5) is 0 Å². The molecule has 0 heterocycles. The van der Waals surface area contributed by atoms with E-state index in [1.165, 1.54) is 13.1 Å². The van der Waals surface area contributed by atoms with Crippen molar-refractivity contribution in [2.45, 2.75) is 0 Å². The van der Waals surface area contributed by atoms with Crippen molar-refractivity contribution in [2.24, 2.45) is 0 Å². The number of nitrogens with one attached hydrogen (secondary N) is 1. The van der Waals surface area contributed by atoms with Crippen LogP contribution in [0.1, 0.15) is 10.4 Å². The lowest BCUT2D eigenvalue weighted by Gasteiger charge is -2.02. The van der Waals surface area contributed by atoms with Gasteiger partial charge in [-0.05, 0) is 18.2 Å². The summed E-state index contributed by atoms with van der Waals surface area (Å²) in [5.41, 5.74) is 0.278. The van der Waals surface area contributed by atoms with E-state index in [1.807, 2.05) is 0 Å². The number of hydrogen-bond donors (Lipinski definition) is 2. The standard InChI is InChI=1S/C8H8BrNO2/c1-10-8(12)6-3-2-5(9)4-7(6)11/h2-4,11H,1H3,(H,10,12). The number of aromatic hydroxyl groups is 1. The predicted octanol–water partition coefficient (Wildman–Crippen LogP) is 1.51. The SMILES string of the molecule is CNC(=O)c1ccc(Br)cc1O. The van der Waals surface area contributed by atoms with Crippen molar-refractivity contribution in [1.29, 1.82) is 0 Å². The van der Waals surface area contributed by atoms with Gasteiger partial charge in [-0.25, -0.2) is 0 Å². The first-order valence-corrected chi connectivity index (χ1v) is 4.15. The van der Waals surface area contributed by atoms with Gasteiger partial charge in [0.05, 0.1) is 5.56 Å². The third-order valence-electron chi connectivity index (χ3n) is 1.43. The van der Waals surface area contributed by atoms with E-state index in [-0.39, 0.29) is 17.2 Å². The number of rotatable bonds is 1. The summed E-state index contributed by atoms with van der Waals surface area (Å²) >= 11 is 3.18. The quantitative estimate of drug-likeness (QED) is 0.768. The molecule has 0 saturated carbocycles. The Hall–Kier alpha value is -1.03. The number of benzene rings is 1. The Bertz CT molecular complexity index is 312. The monoisotopic (exact) mass is 229 g/mol. The zero-order valence-electron chi connectivity index (χ0n) is 6.47. The molecule has 0 aliphatic carbocycles. The second-order valence-electron chi connectivity index (χ2n) is 2.24. The number of amides is 1. The maximum Gasteiger partial charge on any atom is 0.254 e. The highest BCUT2D eigenvalue weighted by Gasteiger charge is 2.08. The molecule has 0 atom stereocenters. The summed E-state index contributed by atoms with van der Waals surface area (Å²) in [6.45, 7) is 0. The summed E-state index contributed by atoms with van der Waals surface area (Å²) in [7, 11) is 1.52. The number of carbonyl (C=O) groups is 1. The molecule has 2 N–H and O–H groups in total. The topological polar surface area (TPSA) is 49.3 Å². The number of carbonyl (C=O) groups excluding carboxylic acids is 1. The number of phenolic OH excluding ortho intramolecular Hbond substituents is 1. The largest absolute Gasteiger partial charge is 0.507 e. The lowest BCUT2D eigenvalue weighted by Crippen LogP contribution is -2.17. The predicted molar refractivity (Wildman–Crippen MR) is 49.2 cm³/mol. The first kappa shape index (κ1) is 9.06. The van der Waals surface area contributed by atoms with Crippen molar-refractivity contribution in [1.82, 2.24) is 5.32 Å². The van der Waals surface area contributed by atoms with Crippen molar-refractivity contribution >= 4 is 21.8 Å². The highest BCUT2D eigenvalue weighted by molar-refractivity contribution is 9.10. The lowest BCUT2D eigenvalue weighted by atomic mass is 10.2. The molecule has 0 aliphatic heterocycles. The van der Waals surface area contributed by atoms with Crippen LogP contribution < -0.4 is 5.32 Å². The van der Waals surface area contributed by atoms with E-state index < -0.39 is 0 Å². The van der Waals surface area contributed by atoms with Gasteiger partial charge < -0.3 is 10.4 Å². The maximum absolute atomic E-state index is 11.1. The minimum absolute atomic E-state index is 0.0243. The minimum atomic E-state index is -0.292. The van der Waals surface area contributed by atoms with Gasteiger partial charge in [-0.3, -0.25) is 4.79 Å². The number of phenols is 1. The molecule has 1 amide bonds. The highest BCUT2D eigenvalue weighted by atomic mass is 79.9. The second kappa shape index (κ2) is 3.58.